The summed E-state index contributed by atoms with van der Waals surface area (Å²) in [5, 5.41) is 0.281. The zero-order chi connectivity index (χ0) is 29.5. The maximum atomic E-state index is 14.5. The quantitative estimate of drug-likeness (QED) is 0.374. The SMILES string of the molecule is CN1CCC(N2CCN(C(=O)OC3(c4ccccc4)C(=O)N(S(=O)(=O)c4ccccc4)c4ccc(Cl)cc43)CC2)CC1.Cl.Cl. The van der Waals surface area contributed by atoms with Crippen molar-refractivity contribution in [3.8, 4) is 0 Å². The molecule has 0 bridgehead atoms. The number of benzene rings is 3. The van der Waals surface area contributed by atoms with Gasteiger partial charge in [-0.2, -0.15) is 4.31 Å². The predicted octanol–water partition coefficient (Wildman–Crippen LogP) is 5.01. The number of rotatable bonds is 5. The molecule has 44 heavy (non-hydrogen) atoms. The molecule has 3 aliphatic heterocycles. The van der Waals surface area contributed by atoms with Gasteiger partial charge in [-0.3, -0.25) is 9.69 Å². The predicted molar refractivity (Wildman–Crippen MR) is 174 cm³/mol. The summed E-state index contributed by atoms with van der Waals surface area (Å²) >= 11 is 6.41. The molecule has 0 radical (unpaired) electrons. The molecule has 0 spiro atoms. The summed E-state index contributed by atoms with van der Waals surface area (Å²) < 4.78 is 34.8. The summed E-state index contributed by atoms with van der Waals surface area (Å²) in [6.07, 6.45) is 1.51. The topological polar surface area (TPSA) is 90.5 Å². The van der Waals surface area contributed by atoms with Gasteiger partial charge in [0.2, 0.25) is 5.60 Å². The molecule has 13 heteroatoms. The maximum Gasteiger partial charge on any atom is 0.411 e. The average Bonchev–Trinajstić information content (AvgIpc) is 3.26. The fourth-order valence-electron chi connectivity index (χ4n) is 6.21. The smallest absolute Gasteiger partial charge is 0.411 e. The van der Waals surface area contributed by atoms with Crippen molar-refractivity contribution in [2.24, 2.45) is 0 Å². The Morgan fingerprint density at radius 1 is 0.864 bits per heavy atom. The summed E-state index contributed by atoms with van der Waals surface area (Å²) in [5.74, 6) is -0.895. The Balaban J connectivity index is 0.00000221. The van der Waals surface area contributed by atoms with Gasteiger partial charge in [0.25, 0.3) is 15.9 Å². The van der Waals surface area contributed by atoms with Crippen molar-refractivity contribution >= 4 is 64.1 Å². The van der Waals surface area contributed by atoms with Crippen LogP contribution in [0.5, 0.6) is 0 Å². The van der Waals surface area contributed by atoms with E-state index in [9.17, 15) is 18.0 Å². The van der Waals surface area contributed by atoms with E-state index < -0.39 is 27.6 Å². The lowest BCUT2D eigenvalue weighted by Crippen LogP contribution is -2.55. The largest absolute Gasteiger partial charge is 0.422 e. The van der Waals surface area contributed by atoms with Crippen LogP contribution in [0.25, 0.3) is 0 Å². The minimum absolute atomic E-state index is 0. The molecule has 0 N–H and O–H groups in total. The monoisotopic (exact) mass is 680 g/mol. The summed E-state index contributed by atoms with van der Waals surface area (Å²) in [7, 11) is -2.22. The standard InChI is InChI=1S/C31H33ClN4O5S.2ClH/c1-33-16-14-25(15-17-33)34-18-20-35(21-19-34)30(38)41-31(23-8-4-2-5-9-23)27-22-24(32)12-13-28(27)36(29(31)37)42(39,40)26-10-6-3-7-11-26;;/h2-13,22,25H,14-21H2,1H3;2*1H. The van der Waals surface area contributed by atoms with Gasteiger partial charge in [-0.25, -0.2) is 13.2 Å². The second-order valence-electron chi connectivity index (χ2n) is 11.0. The summed E-state index contributed by atoms with van der Waals surface area (Å²) in [6, 6.07) is 21.3. The number of ether oxygens (including phenoxy) is 1. The number of halogens is 3. The van der Waals surface area contributed by atoms with Gasteiger partial charge in [0.15, 0.2) is 0 Å². The number of carbonyl (C=O) groups is 2. The third-order valence-electron chi connectivity index (χ3n) is 8.52. The van der Waals surface area contributed by atoms with Crippen LogP contribution in [0.15, 0.2) is 83.8 Å². The number of sulfonamides is 1. The van der Waals surface area contributed by atoms with Crippen LogP contribution in [-0.2, 0) is 25.2 Å². The molecule has 1 atom stereocenters. The first-order chi connectivity index (χ1) is 20.2. The Labute approximate surface area is 275 Å². The van der Waals surface area contributed by atoms with Crippen LogP contribution < -0.4 is 4.31 Å². The highest BCUT2D eigenvalue weighted by atomic mass is 35.5. The van der Waals surface area contributed by atoms with E-state index in [0.717, 1.165) is 30.2 Å². The highest BCUT2D eigenvalue weighted by Gasteiger charge is 2.59. The van der Waals surface area contributed by atoms with Crippen LogP contribution in [0.3, 0.4) is 0 Å². The molecule has 2 fully saturated rings. The average molecular weight is 682 g/mol. The number of hydrogen-bond acceptors (Lipinski definition) is 7. The van der Waals surface area contributed by atoms with E-state index in [4.69, 9.17) is 16.3 Å². The summed E-state index contributed by atoms with van der Waals surface area (Å²) in [4.78, 5) is 34.7. The number of likely N-dealkylation sites (tertiary alicyclic amines) is 1. The molecule has 9 nitrogen and oxygen atoms in total. The highest BCUT2D eigenvalue weighted by molar-refractivity contribution is 7.93. The van der Waals surface area contributed by atoms with Gasteiger partial charge >= 0.3 is 6.09 Å². The zero-order valence-electron chi connectivity index (χ0n) is 24.2. The lowest BCUT2D eigenvalue weighted by molar-refractivity contribution is -0.132. The van der Waals surface area contributed by atoms with E-state index in [2.05, 4.69) is 16.8 Å². The van der Waals surface area contributed by atoms with Gasteiger partial charge in [0.1, 0.15) is 0 Å². The molecular weight excluding hydrogens is 647 g/mol. The van der Waals surface area contributed by atoms with Crippen LogP contribution in [0.2, 0.25) is 5.02 Å². The van der Waals surface area contributed by atoms with Gasteiger partial charge in [0.05, 0.1) is 10.6 Å². The highest BCUT2D eigenvalue weighted by Crippen LogP contribution is 2.50. The van der Waals surface area contributed by atoms with E-state index in [1.807, 2.05) is 0 Å². The van der Waals surface area contributed by atoms with Gasteiger partial charge in [-0.1, -0.05) is 60.1 Å². The molecule has 3 aromatic rings. The van der Waals surface area contributed by atoms with E-state index in [-0.39, 0.29) is 46.0 Å². The molecule has 0 saturated carbocycles. The minimum Gasteiger partial charge on any atom is -0.422 e. The van der Waals surface area contributed by atoms with E-state index in [1.54, 1.807) is 53.4 Å². The summed E-state index contributed by atoms with van der Waals surface area (Å²) in [6.45, 7) is 4.40. The number of nitrogens with zero attached hydrogens (tertiary/aromatic N) is 4. The minimum atomic E-state index is -4.35. The van der Waals surface area contributed by atoms with E-state index in [1.165, 1.54) is 30.3 Å². The Hall–Kier alpha value is -2.86. The van der Waals surface area contributed by atoms with Crippen molar-refractivity contribution < 1.29 is 22.7 Å². The molecule has 2 saturated heterocycles. The first-order valence-corrected chi connectivity index (χ1v) is 15.9. The number of hydrogen-bond donors (Lipinski definition) is 0. The third-order valence-corrected chi connectivity index (χ3v) is 10.5. The number of piperidine rings is 1. The number of fused-ring (bicyclic) bond motifs is 1. The third kappa shape index (κ3) is 6.03. The number of piperazine rings is 1. The van der Waals surface area contributed by atoms with E-state index in [0.29, 0.717) is 37.8 Å². The fourth-order valence-corrected chi connectivity index (χ4v) is 7.86. The normalized spacial score (nSPS) is 21.3. The Morgan fingerprint density at radius 3 is 2.07 bits per heavy atom. The molecule has 2 amide bonds. The first kappa shape index (κ1) is 34.0. The van der Waals surface area contributed by atoms with Crippen molar-refractivity contribution in [3.63, 3.8) is 0 Å². The maximum absolute atomic E-state index is 14.5. The molecule has 0 aliphatic carbocycles. The number of anilines is 1. The Kier molecular flexibility index (Phi) is 10.5. The number of amides is 2. The molecule has 0 aromatic heterocycles. The molecule has 3 aliphatic rings. The van der Waals surface area contributed by atoms with Crippen LogP contribution in [0.1, 0.15) is 24.0 Å². The molecular formula is C31H35Cl3N4O5S. The van der Waals surface area contributed by atoms with Crippen molar-refractivity contribution in [1.82, 2.24) is 14.7 Å². The molecule has 3 heterocycles. The lowest BCUT2D eigenvalue weighted by atomic mass is 9.87. The van der Waals surface area contributed by atoms with Crippen LogP contribution in [-0.4, -0.2) is 87.5 Å². The van der Waals surface area contributed by atoms with E-state index >= 15 is 0 Å². The molecule has 1 unspecified atom stereocenters. The lowest BCUT2D eigenvalue weighted by Gasteiger charge is -2.42. The van der Waals surface area contributed by atoms with Crippen LogP contribution in [0, 0.1) is 0 Å². The second kappa shape index (κ2) is 13.6. The van der Waals surface area contributed by atoms with Gasteiger partial charge in [-0.05, 0) is 63.3 Å². The molecule has 3 aromatic carbocycles. The number of carbonyl (C=O) groups excluding carboxylic acids is 2. The van der Waals surface area contributed by atoms with Gasteiger partial charge in [0, 0.05) is 48.4 Å². The van der Waals surface area contributed by atoms with Gasteiger partial charge < -0.3 is 14.5 Å². The van der Waals surface area contributed by atoms with Gasteiger partial charge in [-0.15, -0.1) is 24.8 Å². The van der Waals surface area contributed by atoms with Crippen LogP contribution >= 0.6 is 36.4 Å². The van der Waals surface area contributed by atoms with Crippen molar-refractivity contribution in [1.29, 1.82) is 0 Å². The molecule has 236 valence electrons. The summed E-state index contributed by atoms with van der Waals surface area (Å²) in [5.41, 5.74) is -1.42. The van der Waals surface area contributed by atoms with Crippen LogP contribution in [0.4, 0.5) is 10.5 Å². The second-order valence-corrected chi connectivity index (χ2v) is 13.2. The van der Waals surface area contributed by atoms with Crippen molar-refractivity contribution in [2.75, 3.05) is 50.6 Å². The van der Waals surface area contributed by atoms with Crippen molar-refractivity contribution in [2.45, 2.75) is 29.4 Å². The fraction of sp³-hybridized carbons (Fsp3) is 0.355. The Morgan fingerprint density at radius 2 is 1.45 bits per heavy atom. The molecule has 6 rings (SSSR count). The Bertz CT molecular complexity index is 1580. The first-order valence-electron chi connectivity index (χ1n) is 14.1. The van der Waals surface area contributed by atoms with Crippen molar-refractivity contribution in [3.05, 3.63) is 95.0 Å². The zero-order valence-corrected chi connectivity index (χ0v) is 27.4.